The van der Waals surface area contributed by atoms with Crippen molar-refractivity contribution in [3.05, 3.63) is 84.4 Å². The number of benzene rings is 2. The van der Waals surface area contributed by atoms with Crippen LogP contribution in [0.4, 0.5) is 5.82 Å². The van der Waals surface area contributed by atoms with Gasteiger partial charge in [-0.1, -0.05) is 60.7 Å². The Morgan fingerprint density at radius 2 is 1.59 bits per heavy atom. The van der Waals surface area contributed by atoms with Crippen LogP contribution < -0.4 is 5.32 Å². The van der Waals surface area contributed by atoms with Crippen LogP contribution in [-0.4, -0.2) is 64.9 Å². The Kier molecular flexibility index (Phi) is 6.22. The summed E-state index contributed by atoms with van der Waals surface area (Å²) in [4.78, 5) is 13.1. The number of aliphatic hydroxyl groups is 4. The Hall–Kier alpha value is -3.41. The molecule has 10 heteroatoms. The van der Waals surface area contributed by atoms with Crippen molar-refractivity contribution >= 4 is 17.0 Å². The second-order valence-corrected chi connectivity index (χ2v) is 8.16. The van der Waals surface area contributed by atoms with Crippen molar-refractivity contribution < 1.29 is 25.2 Å². The van der Waals surface area contributed by atoms with Crippen LogP contribution in [0.25, 0.3) is 11.2 Å². The smallest absolute Gasteiger partial charge is 0.167 e. The Bertz CT molecular complexity index is 1240. The zero-order valence-electron chi connectivity index (χ0n) is 18.1. The minimum atomic E-state index is -1.27. The average Bonchev–Trinajstić information content (AvgIpc) is 3.44. The van der Waals surface area contributed by atoms with Gasteiger partial charge in [-0.2, -0.15) is 0 Å². The third-order valence-corrected chi connectivity index (χ3v) is 6.06. The molecule has 1 fully saturated rings. The molecule has 0 amide bonds. The van der Waals surface area contributed by atoms with Crippen molar-refractivity contribution in [1.29, 1.82) is 0 Å². The lowest BCUT2D eigenvalue weighted by molar-refractivity contribution is -0.0511. The number of nitrogens with zero attached hydrogens (tertiary/aromatic N) is 4. The van der Waals surface area contributed by atoms with E-state index in [1.165, 1.54) is 17.2 Å². The summed E-state index contributed by atoms with van der Waals surface area (Å²) in [6.07, 6.45) is -2.48. The van der Waals surface area contributed by atoms with E-state index in [2.05, 4.69) is 20.3 Å². The standard InChI is InChI=1S/C24H25N5O5/c30-11-16-20(32)21(33)24(34-16)29-13-27-18-22(25-12-26-23(18)29)28-17(14-7-3-1-4-8-14)19(31)15-9-5-2-6-10-15/h1-10,12-13,16-17,19-21,24,30-33H,11H2,(H,25,26,28)/t16-,17-,19-,20?,21+,24-/m1/s1. The van der Waals surface area contributed by atoms with Crippen molar-refractivity contribution in [2.45, 2.75) is 36.7 Å². The lowest BCUT2D eigenvalue weighted by Gasteiger charge is -2.25. The van der Waals surface area contributed by atoms with Crippen molar-refractivity contribution in [3.8, 4) is 0 Å². The van der Waals surface area contributed by atoms with Crippen LogP contribution in [0.5, 0.6) is 0 Å². The maximum atomic E-state index is 11.2. The van der Waals surface area contributed by atoms with Gasteiger partial charge in [0.2, 0.25) is 0 Å². The minimum Gasteiger partial charge on any atom is -0.394 e. The molecule has 2 aromatic heterocycles. The van der Waals surface area contributed by atoms with E-state index in [1.807, 2.05) is 60.7 Å². The fraction of sp³-hybridized carbons (Fsp3) is 0.292. The van der Waals surface area contributed by atoms with Crippen molar-refractivity contribution in [2.75, 3.05) is 11.9 Å². The molecule has 176 valence electrons. The van der Waals surface area contributed by atoms with Crippen molar-refractivity contribution in [1.82, 2.24) is 19.5 Å². The van der Waals surface area contributed by atoms with Crippen molar-refractivity contribution in [2.24, 2.45) is 0 Å². The fourth-order valence-corrected chi connectivity index (χ4v) is 4.25. The quantitative estimate of drug-likeness (QED) is 0.274. The maximum absolute atomic E-state index is 11.2. The zero-order valence-corrected chi connectivity index (χ0v) is 18.1. The number of ether oxygens (including phenoxy) is 1. The Morgan fingerprint density at radius 1 is 0.912 bits per heavy atom. The number of hydrogen-bond acceptors (Lipinski definition) is 9. The summed E-state index contributed by atoms with van der Waals surface area (Å²) >= 11 is 0. The van der Waals surface area contributed by atoms with E-state index in [4.69, 9.17) is 4.74 Å². The summed E-state index contributed by atoms with van der Waals surface area (Å²) in [7, 11) is 0. The Balaban J connectivity index is 1.51. The molecule has 0 spiro atoms. The third-order valence-electron chi connectivity index (χ3n) is 6.06. The van der Waals surface area contributed by atoms with Gasteiger partial charge in [0, 0.05) is 0 Å². The van der Waals surface area contributed by atoms with Crippen LogP contribution >= 0.6 is 0 Å². The summed E-state index contributed by atoms with van der Waals surface area (Å²) in [6.45, 7) is -0.431. The molecular formula is C24H25N5O5. The summed E-state index contributed by atoms with van der Waals surface area (Å²) in [5, 5.41) is 44.5. The van der Waals surface area contributed by atoms with Crippen LogP contribution in [-0.2, 0) is 4.74 Å². The van der Waals surface area contributed by atoms with E-state index in [0.29, 0.717) is 17.0 Å². The molecule has 4 aromatic rings. The molecule has 34 heavy (non-hydrogen) atoms. The molecule has 5 rings (SSSR count). The SMILES string of the molecule is OC[C@H]1O[C@@H](n2cnc3c(N[C@H](c4ccccc4)[C@H](O)c4ccccc4)ncnc32)[C@@H](O)C1O. The number of aromatic nitrogens is 4. The summed E-state index contributed by atoms with van der Waals surface area (Å²) in [5.74, 6) is 0.388. The molecule has 0 saturated carbocycles. The van der Waals surface area contributed by atoms with Gasteiger partial charge in [-0.05, 0) is 11.1 Å². The third kappa shape index (κ3) is 4.02. The zero-order chi connectivity index (χ0) is 23.7. The molecule has 0 aliphatic carbocycles. The van der Waals surface area contributed by atoms with Gasteiger partial charge in [0.1, 0.15) is 30.7 Å². The lowest BCUT2D eigenvalue weighted by Crippen LogP contribution is -2.33. The molecule has 6 atom stereocenters. The minimum absolute atomic E-state index is 0.369. The highest BCUT2D eigenvalue weighted by molar-refractivity contribution is 5.83. The van der Waals surface area contributed by atoms with Gasteiger partial charge in [-0.15, -0.1) is 0 Å². The van der Waals surface area contributed by atoms with E-state index >= 15 is 0 Å². The van der Waals surface area contributed by atoms with E-state index in [-0.39, 0.29) is 0 Å². The normalized spacial score (nSPS) is 24.2. The molecule has 1 aliphatic heterocycles. The molecule has 5 N–H and O–H groups in total. The molecule has 3 heterocycles. The summed E-state index contributed by atoms with van der Waals surface area (Å²) in [6, 6.07) is 18.3. The molecule has 1 aliphatic rings. The van der Waals surface area contributed by atoms with Gasteiger partial charge in [0.05, 0.1) is 19.0 Å². The van der Waals surface area contributed by atoms with Crippen LogP contribution in [0, 0.1) is 0 Å². The molecule has 2 aromatic carbocycles. The fourth-order valence-electron chi connectivity index (χ4n) is 4.25. The van der Waals surface area contributed by atoms with Gasteiger partial charge < -0.3 is 30.5 Å². The average molecular weight is 463 g/mol. The molecule has 0 bridgehead atoms. The van der Waals surface area contributed by atoms with Gasteiger partial charge >= 0.3 is 0 Å². The summed E-state index contributed by atoms with van der Waals surface area (Å²) < 4.78 is 7.12. The van der Waals surface area contributed by atoms with E-state index in [9.17, 15) is 20.4 Å². The van der Waals surface area contributed by atoms with Gasteiger partial charge in [0.15, 0.2) is 23.2 Å². The van der Waals surface area contributed by atoms with Crippen LogP contribution in [0.1, 0.15) is 29.5 Å². The molecular weight excluding hydrogens is 438 g/mol. The van der Waals surface area contributed by atoms with Gasteiger partial charge in [-0.25, -0.2) is 15.0 Å². The number of nitrogens with one attached hydrogen (secondary N) is 1. The van der Waals surface area contributed by atoms with Gasteiger partial charge in [-0.3, -0.25) is 4.57 Å². The highest BCUT2D eigenvalue weighted by atomic mass is 16.6. The first-order valence-corrected chi connectivity index (χ1v) is 10.9. The second-order valence-electron chi connectivity index (χ2n) is 8.16. The number of imidazole rings is 1. The highest BCUT2D eigenvalue weighted by Gasteiger charge is 2.44. The topological polar surface area (TPSA) is 146 Å². The monoisotopic (exact) mass is 463 g/mol. The lowest BCUT2D eigenvalue weighted by atomic mass is 9.96. The predicted octanol–water partition coefficient (Wildman–Crippen LogP) is 1.32. The molecule has 0 radical (unpaired) electrons. The molecule has 1 saturated heterocycles. The van der Waals surface area contributed by atoms with E-state index in [1.54, 1.807) is 0 Å². The maximum Gasteiger partial charge on any atom is 0.167 e. The number of aliphatic hydroxyl groups excluding tert-OH is 4. The highest BCUT2D eigenvalue weighted by Crippen LogP contribution is 2.35. The number of anilines is 1. The molecule has 10 nitrogen and oxygen atoms in total. The van der Waals surface area contributed by atoms with Crippen LogP contribution in [0.15, 0.2) is 73.3 Å². The largest absolute Gasteiger partial charge is 0.394 e. The summed E-state index contributed by atoms with van der Waals surface area (Å²) in [5.41, 5.74) is 2.37. The predicted molar refractivity (Wildman–Crippen MR) is 123 cm³/mol. The Labute approximate surface area is 195 Å². The van der Waals surface area contributed by atoms with E-state index < -0.39 is 43.3 Å². The first-order chi connectivity index (χ1) is 16.6. The number of hydrogen-bond donors (Lipinski definition) is 5. The number of fused-ring (bicyclic) bond motifs is 1. The van der Waals surface area contributed by atoms with Crippen LogP contribution in [0.3, 0.4) is 0 Å². The first kappa shape index (κ1) is 22.4. The van der Waals surface area contributed by atoms with E-state index in [0.717, 1.165) is 11.1 Å². The van der Waals surface area contributed by atoms with Crippen molar-refractivity contribution in [3.63, 3.8) is 0 Å². The first-order valence-electron chi connectivity index (χ1n) is 10.9. The van der Waals surface area contributed by atoms with Crippen LogP contribution in [0.2, 0.25) is 0 Å². The van der Waals surface area contributed by atoms with Gasteiger partial charge in [0.25, 0.3) is 0 Å². The Morgan fingerprint density at radius 3 is 2.24 bits per heavy atom. The second kappa shape index (κ2) is 9.45. The molecule has 1 unspecified atom stereocenters. The number of rotatable bonds is 7.